The predicted molar refractivity (Wildman–Crippen MR) is 85.6 cm³/mol. The highest BCUT2D eigenvalue weighted by Gasteiger charge is 2.12. The van der Waals surface area contributed by atoms with Gasteiger partial charge in [0, 0.05) is 10.5 Å². The van der Waals surface area contributed by atoms with Crippen molar-refractivity contribution in [2.75, 3.05) is 12.4 Å². The van der Waals surface area contributed by atoms with Crippen LogP contribution in [-0.2, 0) is 0 Å². The topological polar surface area (TPSA) is 41.5 Å². The average Bonchev–Trinajstić information content (AvgIpc) is 2.41. The van der Waals surface area contributed by atoms with Gasteiger partial charge in [0.05, 0.1) is 12.8 Å². The lowest BCUT2D eigenvalue weighted by Gasteiger charge is -2.20. The van der Waals surface area contributed by atoms with Crippen LogP contribution in [0.3, 0.4) is 0 Å². The third-order valence-corrected chi connectivity index (χ3v) is 3.67. The van der Waals surface area contributed by atoms with Crippen LogP contribution in [0.4, 0.5) is 5.69 Å². The monoisotopic (exact) mass is 335 g/mol. The molecule has 0 saturated carbocycles. The van der Waals surface area contributed by atoms with Crippen molar-refractivity contribution in [3.8, 4) is 11.5 Å². The lowest BCUT2D eigenvalue weighted by molar-refractivity contribution is 0.415. The fourth-order valence-electron chi connectivity index (χ4n) is 2.15. The molecule has 4 heteroatoms. The molecule has 0 radical (unpaired) electrons. The summed E-state index contributed by atoms with van der Waals surface area (Å²) in [6.07, 6.45) is 0. The third kappa shape index (κ3) is 3.25. The van der Waals surface area contributed by atoms with E-state index in [-0.39, 0.29) is 11.8 Å². The molecule has 106 valence electrons. The molecule has 0 aliphatic rings. The van der Waals surface area contributed by atoms with Gasteiger partial charge in [0.1, 0.15) is 11.5 Å². The smallest absolute Gasteiger partial charge is 0.143 e. The number of methoxy groups -OCH3 is 1. The Hall–Kier alpha value is -1.68. The van der Waals surface area contributed by atoms with E-state index in [4.69, 9.17) is 4.74 Å². The number of hydrogen-bond acceptors (Lipinski definition) is 3. The Balaban J connectivity index is 2.30. The van der Waals surface area contributed by atoms with E-state index in [2.05, 4.69) is 28.2 Å². The van der Waals surface area contributed by atoms with Crippen LogP contribution in [0.15, 0.2) is 40.9 Å². The molecule has 1 unspecified atom stereocenters. The summed E-state index contributed by atoms with van der Waals surface area (Å²) < 4.78 is 6.41. The van der Waals surface area contributed by atoms with Gasteiger partial charge < -0.3 is 15.2 Å². The molecule has 1 atom stereocenters. The summed E-state index contributed by atoms with van der Waals surface area (Å²) in [4.78, 5) is 0. The van der Waals surface area contributed by atoms with E-state index in [9.17, 15) is 5.11 Å². The van der Waals surface area contributed by atoms with Crippen molar-refractivity contribution in [2.24, 2.45) is 0 Å². The van der Waals surface area contributed by atoms with Gasteiger partial charge in [0.25, 0.3) is 0 Å². The van der Waals surface area contributed by atoms with Gasteiger partial charge in [-0.05, 0) is 49.2 Å². The third-order valence-electron chi connectivity index (χ3n) is 3.22. The number of phenols is 1. The Bertz CT molecular complexity index is 613. The standard InChI is InChI=1S/C16H18BrNO2/c1-10-7-13(17)9-15(20-3)16(10)18-11(2)12-5-4-6-14(19)8-12/h4-9,11,18-19H,1-3H3. The van der Waals surface area contributed by atoms with Crippen LogP contribution in [0.25, 0.3) is 0 Å². The maximum absolute atomic E-state index is 9.56. The fraction of sp³-hybridized carbons (Fsp3) is 0.250. The van der Waals surface area contributed by atoms with E-state index in [0.29, 0.717) is 0 Å². The molecule has 0 fully saturated rings. The van der Waals surface area contributed by atoms with Crippen molar-refractivity contribution < 1.29 is 9.84 Å². The Kier molecular flexibility index (Phi) is 4.55. The second-order valence-corrected chi connectivity index (χ2v) is 5.68. The van der Waals surface area contributed by atoms with Crippen molar-refractivity contribution in [1.29, 1.82) is 0 Å². The second-order valence-electron chi connectivity index (χ2n) is 4.76. The molecule has 0 aliphatic heterocycles. The van der Waals surface area contributed by atoms with Crippen molar-refractivity contribution in [3.63, 3.8) is 0 Å². The number of benzene rings is 2. The molecule has 2 aromatic rings. The molecule has 0 saturated heterocycles. The van der Waals surface area contributed by atoms with Crippen LogP contribution >= 0.6 is 15.9 Å². The molecule has 0 aromatic heterocycles. The van der Waals surface area contributed by atoms with Gasteiger partial charge in [0.2, 0.25) is 0 Å². The summed E-state index contributed by atoms with van der Waals surface area (Å²) in [7, 11) is 1.66. The zero-order chi connectivity index (χ0) is 14.7. The summed E-state index contributed by atoms with van der Waals surface area (Å²) in [6, 6.07) is 11.3. The zero-order valence-electron chi connectivity index (χ0n) is 11.8. The maximum atomic E-state index is 9.56. The Morgan fingerprint density at radius 1 is 1.25 bits per heavy atom. The molecule has 3 nitrogen and oxygen atoms in total. The molecular formula is C16H18BrNO2. The number of halogens is 1. The van der Waals surface area contributed by atoms with Crippen molar-refractivity contribution >= 4 is 21.6 Å². The zero-order valence-corrected chi connectivity index (χ0v) is 13.4. The molecular weight excluding hydrogens is 318 g/mol. The number of aryl methyl sites for hydroxylation is 1. The van der Waals surface area contributed by atoms with Gasteiger partial charge in [-0.25, -0.2) is 0 Å². The number of phenolic OH excluding ortho intramolecular Hbond substituents is 1. The minimum Gasteiger partial charge on any atom is -0.508 e. The highest BCUT2D eigenvalue weighted by molar-refractivity contribution is 9.10. The summed E-state index contributed by atoms with van der Waals surface area (Å²) in [5, 5.41) is 13.0. The highest BCUT2D eigenvalue weighted by Crippen LogP contribution is 2.34. The van der Waals surface area contributed by atoms with Gasteiger partial charge in [-0.3, -0.25) is 0 Å². The predicted octanol–water partition coefficient (Wildman–Crippen LogP) is 4.64. The van der Waals surface area contributed by atoms with E-state index in [1.54, 1.807) is 19.2 Å². The van der Waals surface area contributed by atoms with E-state index < -0.39 is 0 Å². The SMILES string of the molecule is COc1cc(Br)cc(C)c1NC(C)c1cccc(O)c1. The van der Waals surface area contributed by atoms with Crippen LogP contribution in [0.1, 0.15) is 24.1 Å². The Morgan fingerprint density at radius 3 is 2.65 bits per heavy atom. The first-order valence-electron chi connectivity index (χ1n) is 6.41. The van der Waals surface area contributed by atoms with E-state index >= 15 is 0 Å². The molecule has 0 aliphatic carbocycles. The summed E-state index contributed by atoms with van der Waals surface area (Å²) in [5.41, 5.74) is 3.09. The number of anilines is 1. The van der Waals surface area contributed by atoms with Gasteiger partial charge in [-0.1, -0.05) is 28.1 Å². The minimum absolute atomic E-state index is 0.0656. The lowest BCUT2D eigenvalue weighted by atomic mass is 10.1. The number of ether oxygens (including phenoxy) is 1. The summed E-state index contributed by atoms with van der Waals surface area (Å²) in [6.45, 7) is 4.08. The average molecular weight is 336 g/mol. The first kappa shape index (κ1) is 14.7. The van der Waals surface area contributed by atoms with Crippen LogP contribution in [0.5, 0.6) is 11.5 Å². The quantitative estimate of drug-likeness (QED) is 0.854. The highest BCUT2D eigenvalue weighted by atomic mass is 79.9. The van der Waals surface area contributed by atoms with E-state index in [1.807, 2.05) is 31.2 Å². The molecule has 0 heterocycles. The molecule has 2 rings (SSSR count). The van der Waals surface area contributed by atoms with Crippen molar-refractivity contribution in [2.45, 2.75) is 19.9 Å². The van der Waals surface area contributed by atoms with Crippen LogP contribution in [-0.4, -0.2) is 12.2 Å². The summed E-state index contributed by atoms with van der Waals surface area (Å²) >= 11 is 3.47. The molecule has 0 bridgehead atoms. The number of rotatable bonds is 4. The summed E-state index contributed by atoms with van der Waals surface area (Å²) in [5.74, 6) is 1.07. The molecule has 2 N–H and O–H groups in total. The van der Waals surface area contributed by atoms with Crippen molar-refractivity contribution in [3.05, 3.63) is 52.0 Å². The first-order chi connectivity index (χ1) is 9.51. The number of aromatic hydroxyl groups is 1. The molecule has 0 amide bonds. The van der Waals surface area contributed by atoms with E-state index in [0.717, 1.165) is 27.0 Å². The molecule has 20 heavy (non-hydrogen) atoms. The minimum atomic E-state index is 0.0656. The normalized spacial score (nSPS) is 12.0. The van der Waals surface area contributed by atoms with Gasteiger partial charge >= 0.3 is 0 Å². The second kappa shape index (κ2) is 6.18. The number of hydrogen-bond donors (Lipinski definition) is 2. The fourth-order valence-corrected chi connectivity index (χ4v) is 2.70. The number of nitrogens with one attached hydrogen (secondary N) is 1. The van der Waals surface area contributed by atoms with E-state index in [1.165, 1.54) is 0 Å². The van der Waals surface area contributed by atoms with Crippen LogP contribution in [0.2, 0.25) is 0 Å². The molecule has 2 aromatic carbocycles. The van der Waals surface area contributed by atoms with Crippen LogP contribution < -0.4 is 10.1 Å². The first-order valence-corrected chi connectivity index (χ1v) is 7.20. The van der Waals surface area contributed by atoms with Gasteiger partial charge in [-0.2, -0.15) is 0 Å². The van der Waals surface area contributed by atoms with Gasteiger partial charge in [-0.15, -0.1) is 0 Å². The van der Waals surface area contributed by atoms with Crippen molar-refractivity contribution in [1.82, 2.24) is 0 Å². The maximum Gasteiger partial charge on any atom is 0.143 e. The Labute approximate surface area is 127 Å². The van der Waals surface area contributed by atoms with Gasteiger partial charge in [0.15, 0.2) is 0 Å². The lowest BCUT2D eigenvalue weighted by Crippen LogP contribution is -2.09. The molecule has 0 spiro atoms. The van der Waals surface area contributed by atoms with Crippen LogP contribution in [0, 0.1) is 6.92 Å². The Morgan fingerprint density at radius 2 is 2.00 bits per heavy atom. The largest absolute Gasteiger partial charge is 0.508 e.